The van der Waals surface area contributed by atoms with Crippen molar-refractivity contribution in [1.29, 1.82) is 0 Å². The third-order valence-electron chi connectivity index (χ3n) is 23.7. The third-order valence-corrected chi connectivity index (χ3v) is 23.7. The third kappa shape index (κ3) is 12.9. The van der Waals surface area contributed by atoms with Crippen LogP contribution in [0, 0.1) is 0 Å². The molecule has 6 heterocycles. The molecule has 0 saturated carbocycles. The zero-order valence-electron chi connectivity index (χ0n) is 67.0. The first-order valence-electron chi connectivity index (χ1n) is 41.7. The SMILES string of the molecule is c1ccc(-c2cc(-c3ccccc3)cc(-c3ccc(-c4cccc5c4oc4c5ccc5c4c4ccccc4n5-c4ccccc4)c(-c4nc(-c5ccccc5)nc(-c5ccccc5)n4)c3)c2)cc1.c1ccc(-c2ccc(-c3cccc4oc5ccc6c7ccccc7n(-c7ccccc7)c6c5c34)c(-c3nc(-c4ccccc4)nc(-c4ccccc4)n3)c2)cc1. The van der Waals surface area contributed by atoms with Crippen molar-refractivity contribution in [3.63, 3.8) is 0 Å². The quantitative estimate of drug-likeness (QED) is 0.106. The summed E-state index contributed by atoms with van der Waals surface area (Å²) in [7, 11) is 0. The Hall–Kier alpha value is -16.8. The molecule has 0 aliphatic carbocycles. The first kappa shape index (κ1) is 72.4. The lowest BCUT2D eigenvalue weighted by Gasteiger charge is -2.16. The normalized spacial score (nSPS) is 11.5. The maximum absolute atomic E-state index is 7.26. The average molecular weight is 1590 g/mol. The highest BCUT2D eigenvalue weighted by Gasteiger charge is 2.28. The van der Waals surface area contributed by atoms with Crippen LogP contribution in [-0.4, -0.2) is 39.0 Å². The van der Waals surface area contributed by atoms with E-state index in [-0.39, 0.29) is 0 Å². The molecule has 0 fully saturated rings. The molecule has 0 radical (unpaired) electrons. The van der Waals surface area contributed by atoms with Gasteiger partial charge in [-0.2, -0.15) is 0 Å². The summed E-state index contributed by atoms with van der Waals surface area (Å²) in [4.78, 5) is 31.2. The molecule has 0 unspecified atom stereocenters. The fourth-order valence-electron chi connectivity index (χ4n) is 18.0. The maximum Gasteiger partial charge on any atom is 0.164 e. The second kappa shape index (κ2) is 30.8. The molecule has 580 valence electrons. The van der Waals surface area contributed by atoms with Crippen LogP contribution < -0.4 is 0 Å². The molecule has 0 atom stereocenters. The number of para-hydroxylation sites is 5. The van der Waals surface area contributed by atoms with Gasteiger partial charge in [-0.3, -0.25) is 0 Å². The lowest BCUT2D eigenvalue weighted by Crippen LogP contribution is -2.01. The number of fused-ring (bicyclic) bond motifs is 14. The van der Waals surface area contributed by atoms with Crippen LogP contribution in [0.25, 0.3) is 234 Å². The van der Waals surface area contributed by atoms with Crippen LogP contribution in [0.4, 0.5) is 0 Å². The van der Waals surface area contributed by atoms with E-state index in [9.17, 15) is 0 Å². The standard InChI is InChI=1S/C63H40N4O.C51H32N4O/c1-6-19-41(20-7-1)46-37-47(42-21-8-2-9-22-42)39-48(38-46)45-33-34-50(55(40-45)63-65-61(43-23-10-3-11-24-43)64-62(66-63)44-25-12-4-13-26-44)51-30-18-31-52-53-35-36-57-58(60(53)68-59(51)52)54-29-16-17-32-56(54)67(57)49-27-14-5-15-28-49;1-5-16-33(17-6-1)36-28-29-38(42(32-36)51-53-49(34-18-7-2-8-19-34)52-50(54-51)35-20-9-3-10-21-35)40-25-15-27-44-46(40)47-45(56-44)31-30-41-39-24-13-14-26-43(39)55(48(41)47)37-22-11-4-12-23-37/h1-40H;1-32H. The molecule has 0 bridgehead atoms. The van der Waals surface area contributed by atoms with Gasteiger partial charge in [0.25, 0.3) is 0 Å². The molecule has 10 heteroatoms. The van der Waals surface area contributed by atoms with E-state index in [4.69, 9.17) is 38.7 Å². The van der Waals surface area contributed by atoms with E-state index >= 15 is 0 Å². The largest absolute Gasteiger partial charge is 0.456 e. The van der Waals surface area contributed by atoms with Gasteiger partial charge in [-0.15, -0.1) is 0 Å². The molecule has 0 spiro atoms. The second-order valence-corrected chi connectivity index (χ2v) is 31.1. The first-order valence-corrected chi connectivity index (χ1v) is 41.7. The van der Waals surface area contributed by atoms with Gasteiger partial charge in [0.15, 0.2) is 34.9 Å². The molecule has 10 nitrogen and oxygen atoms in total. The van der Waals surface area contributed by atoms with E-state index in [0.717, 1.165) is 188 Å². The van der Waals surface area contributed by atoms with E-state index in [1.165, 1.54) is 10.8 Å². The summed E-state index contributed by atoms with van der Waals surface area (Å²) in [6, 6.07) is 152. The van der Waals surface area contributed by atoms with Crippen molar-refractivity contribution >= 4 is 87.5 Å². The summed E-state index contributed by atoms with van der Waals surface area (Å²) in [5.74, 6) is 3.60. The molecule has 0 amide bonds. The Labute approximate surface area is 713 Å². The summed E-state index contributed by atoms with van der Waals surface area (Å²) >= 11 is 0. The van der Waals surface area contributed by atoms with Gasteiger partial charge in [0.05, 0.1) is 32.8 Å². The topological polar surface area (TPSA) is 113 Å². The van der Waals surface area contributed by atoms with Crippen LogP contribution in [0.15, 0.2) is 446 Å². The van der Waals surface area contributed by atoms with E-state index in [2.05, 4.69) is 343 Å². The minimum atomic E-state index is 0.568. The highest BCUT2D eigenvalue weighted by Crippen LogP contribution is 2.50. The molecule has 24 aromatic rings. The molecule has 18 aromatic carbocycles. The van der Waals surface area contributed by atoms with Crippen molar-refractivity contribution in [3.05, 3.63) is 437 Å². The van der Waals surface area contributed by atoms with E-state index in [0.29, 0.717) is 34.9 Å². The summed E-state index contributed by atoms with van der Waals surface area (Å²) in [6.07, 6.45) is 0. The maximum atomic E-state index is 7.26. The molecular formula is C114H72N8O2. The monoisotopic (exact) mass is 1580 g/mol. The lowest BCUT2D eigenvalue weighted by molar-refractivity contribution is 0.669. The Bertz CT molecular complexity index is 8010. The van der Waals surface area contributed by atoms with Crippen molar-refractivity contribution in [1.82, 2.24) is 39.0 Å². The molecule has 0 aliphatic rings. The lowest BCUT2D eigenvalue weighted by atomic mass is 9.90. The number of nitrogens with zero attached hydrogens (tertiary/aromatic N) is 8. The van der Waals surface area contributed by atoms with Crippen molar-refractivity contribution < 1.29 is 8.83 Å². The number of aromatic nitrogens is 8. The summed E-state index contributed by atoms with van der Waals surface area (Å²) in [5, 5.41) is 8.81. The van der Waals surface area contributed by atoms with E-state index < -0.39 is 0 Å². The highest BCUT2D eigenvalue weighted by molar-refractivity contribution is 6.28. The van der Waals surface area contributed by atoms with Crippen molar-refractivity contribution in [2.24, 2.45) is 0 Å². The Morgan fingerprint density at radius 2 is 0.532 bits per heavy atom. The highest BCUT2D eigenvalue weighted by atomic mass is 16.3. The van der Waals surface area contributed by atoms with Crippen LogP contribution in [-0.2, 0) is 0 Å². The summed E-state index contributed by atoms with van der Waals surface area (Å²) < 4.78 is 18.7. The molecule has 0 saturated heterocycles. The number of hydrogen-bond acceptors (Lipinski definition) is 8. The van der Waals surface area contributed by atoms with E-state index in [1.54, 1.807) is 0 Å². The molecule has 6 aromatic heterocycles. The number of furan rings is 2. The molecule has 24 rings (SSSR count). The molecular weight excluding hydrogens is 1510 g/mol. The average Bonchev–Trinajstić information content (AvgIpc) is 1.55. The van der Waals surface area contributed by atoms with Gasteiger partial charge in [0.2, 0.25) is 0 Å². The van der Waals surface area contributed by atoms with Crippen LogP contribution in [0.1, 0.15) is 0 Å². The van der Waals surface area contributed by atoms with Crippen LogP contribution in [0.5, 0.6) is 0 Å². The fourth-order valence-corrected chi connectivity index (χ4v) is 18.0. The predicted molar refractivity (Wildman–Crippen MR) is 508 cm³/mol. The Morgan fingerprint density at radius 3 is 1.04 bits per heavy atom. The zero-order chi connectivity index (χ0) is 82.0. The first-order chi connectivity index (χ1) is 61.5. The van der Waals surface area contributed by atoms with Crippen LogP contribution >= 0.6 is 0 Å². The molecule has 0 N–H and O–H groups in total. The predicted octanol–water partition coefficient (Wildman–Crippen LogP) is 29.7. The van der Waals surface area contributed by atoms with Gasteiger partial charge in [0, 0.05) is 82.6 Å². The number of hydrogen-bond donors (Lipinski definition) is 0. The van der Waals surface area contributed by atoms with Crippen molar-refractivity contribution in [2.75, 3.05) is 0 Å². The number of rotatable bonds is 14. The fraction of sp³-hybridized carbons (Fsp3) is 0. The van der Waals surface area contributed by atoms with Gasteiger partial charge in [-0.05, 0) is 158 Å². The van der Waals surface area contributed by atoms with Gasteiger partial charge >= 0.3 is 0 Å². The van der Waals surface area contributed by atoms with Crippen LogP contribution in [0.3, 0.4) is 0 Å². The smallest absolute Gasteiger partial charge is 0.164 e. The van der Waals surface area contributed by atoms with Crippen molar-refractivity contribution in [2.45, 2.75) is 0 Å². The molecule has 0 aliphatic heterocycles. The Balaban J connectivity index is 0.000000146. The van der Waals surface area contributed by atoms with Gasteiger partial charge in [-0.25, -0.2) is 29.9 Å². The van der Waals surface area contributed by atoms with Gasteiger partial charge in [-0.1, -0.05) is 340 Å². The Morgan fingerprint density at radius 1 is 0.169 bits per heavy atom. The summed E-state index contributed by atoms with van der Waals surface area (Å²) in [5.41, 5.74) is 28.3. The van der Waals surface area contributed by atoms with Gasteiger partial charge in [0.1, 0.15) is 22.3 Å². The van der Waals surface area contributed by atoms with Crippen molar-refractivity contribution in [3.8, 4) is 146 Å². The summed E-state index contributed by atoms with van der Waals surface area (Å²) in [6.45, 7) is 0. The van der Waals surface area contributed by atoms with Gasteiger partial charge < -0.3 is 18.0 Å². The van der Waals surface area contributed by atoms with Crippen LogP contribution in [0.2, 0.25) is 0 Å². The number of benzene rings is 18. The minimum Gasteiger partial charge on any atom is -0.456 e. The van der Waals surface area contributed by atoms with E-state index in [1.807, 2.05) is 103 Å². The second-order valence-electron chi connectivity index (χ2n) is 31.1. The minimum absolute atomic E-state index is 0.568. The Kier molecular flexibility index (Phi) is 18.0. The zero-order valence-corrected chi connectivity index (χ0v) is 67.0. The molecule has 124 heavy (non-hydrogen) atoms.